The molecular formula is C11H19N3O2. The van der Waals surface area contributed by atoms with Crippen LogP contribution >= 0.6 is 0 Å². The number of rotatable bonds is 7. The molecule has 1 heterocycles. The summed E-state index contributed by atoms with van der Waals surface area (Å²) in [5.74, 6) is 0.734. The molecule has 0 saturated heterocycles. The number of aliphatic hydroxyl groups is 1. The molecule has 5 heteroatoms. The number of hydrogen-bond acceptors (Lipinski definition) is 4. The number of anilines is 1. The first kappa shape index (κ1) is 12.7. The molecule has 3 N–H and O–H groups in total. The molecule has 0 amide bonds. The lowest BCUT2D eigenvalue weighted by Crippen LogP contribution is -2.21. The van der Waals surface area contributed by atoms with Crippen molar-refractivity contribution in [2.75, 3.05) is 18.5 Å². The largest absolute Gasteiger partial charge is 0.396 e. The van der Waals surface area contributed by atoms with E-state index in [4.69, 9.17) is 5.11 Å². The van der Waals surface area contributed by atoms with Crippen molar-refractivity contribution in [3.63, 3.8) is 0 Å². The predicted octanol–water partition coefficient (Wildman–Crippen LogP) is 0.980. The normalized spacial score (nSPS) is 12.4. The molecule has 0 saturated carbocycles. The van der Waals surface area contributed by atoms with Crippen LogP contribution in [0.15, 0.2) is 17.2 Å². The van der Waals surface area contributed by atoms with E-state index in [0.29, 0.717) is 18.3 Å². The van der Waals surface area contributed by atoms with Gasteiger partial charge in [0.2, 0.25) is 0 Å². The number of aromatic nitrogens is 2. The van der Waals surface area contributed by atoms with Crippen molar-refractivity contribution in [3.8, 4) is 0 Å². The molecule has 1 unspecified atom stereocenters. The highest BCUT2D eigenvalue weighted by Gasteiger charge is 2.08. The summed E-state index contributed by atoms with van der Waals surface area (Å²) >= 11 is 0. The lowest BCUT2D eigenvalue weighted by molar-refractivity contribution is 0.255. The van der Waals surface area contributed by atoms with Crippen molar-refractivity contribution in [2.45, 2.75) is 26.2 Å². The summed E-state index contributed by atoms with van der Waals surface area (Å²) in [6, 6.07) is 0. The second kappa shape index (κ2) is 7.00. The van der Waals surface area contributed by atoms with E-state index in [1.165, 1.54) is 6.20 Å². The van der Waals surface area contributed by atoms with Gasteiger partial charge in [0.25, 0.3) is 5.56 Å². The number of aliphatic hydroxyl groups excluding tert-OH is 1. The van der Waals surface area contributed by atoms with Crippen molar-refractivity contribution >= 4 is 5.82 Å². The van der Waals surface area contributed by atoms with Gasteiger partial charge in [-0.2, -0.15) is 0 Å². The average molecular weight is 225 g/mol. The molecule has 0 fully saturated rings. The van der Waals surface area contributed by atoms with Crippen molar-refractivity contribution < 1.29 is 5.11 Å². The van der Waals surface area contributed by atoms with Gasteiger partial charge in [-0.1, -0.05) is 13.3 Å². The number of nitrogens with one attached hydrogen (secondary N) is 2. The Kier molecular flexibility index (Phi) is 5.56. The summed E-state index contributed by atoms with van der Waals surface area (Å²) in [6.45, 7) is 2.97. The molecule has 16 heavy (non-hydrogen) atoms. The van der Waals surface area contributed by atoms with Gasteiger partial charge >= 0.3 is 0 Å². The van der Waals surface area contributed by atoms with Crippen LogP contribution in [-0.4, -0.2) is 28.2 Å². The highest BCUT2D eigenvalue weighted by molar-refractivity contribution is 5.29. The van der Waals surface area contributed by atoms with Gasteiger partial charge in [-0.25, -0.2) is 4.98 Å². The predicted molar refractivity (Wildman–Crippen MR) is 63.4 cm³/mol. The summed E-state index contributed by atoms with van der Waals surface area (Å²) < 4.78 is 0. The molecule has 1 aromatic heterocycles. The standard InChI is InChI=1S/C11H19N3O2/c1-2-3-9(4-7-15)8-14-10-11(16)13-6-5-12-10/h5-6,9,15H,2-4,7-8H2,1H3,(H,12,14)(H,13,16). The molecule has 0 radical (unpaired) electrons. The van der Waals surface area contributed by atoms with Gasteiger partial charge in [-0.15, -0.1) is 0 Å². The maximum Gasteiger partial charge on any atom is 0.290 e. The van der Waals surface area contributed by atoms with E-state index in [1.807, 2.05) is 0 Å². The first-order chi connectivity index (χ1) is 7.77. The number of aromatic amines is 1. The van der Waals surface area contributed by atoms with Crippen LogP contribution in [0, 0.1) is 5.92 Å². The van der Waals surface area contributed by atoms with Crippen LogP contribution in [0.3, 0.4) is 0 Å². The minimum atomic E-state index is -0.207. The Bertz CT molecular complexity index is 345. The van der Waals surface area contributed by atoms with E-state index in [0.717, 1.165) is 19.3 Å². The first-order valence-corrected chi connectivity index (χ1v) is 5.66. The quantitative estimate of drug-likeness (QED) is 0.646. The van der Waals surface area contributed by atoms with Gasteiger partial charge in [0, 0.05) is 25.5 Å². The maximum atomic E-state index is 11.3. The molecule has 1 atom stereocenters. The average Bonchev–Trinajstić information content (AvgIpc) is 2.28. The van der Waals surface area contributed by atoms with Gasteiger partial charge < -0.3 is 15.4 Å². The first-order valence-electron chi connectivity index (χ1n) is 5.66. The van der Waals surface area contributed by atoms with E-state index < -0.39 is 0 Å². The van der Waals surface area contributed by atoms with Crippen LogP contribution in [0.4, 0.5) is 5.82 Å². The van der Waals surface area contributed by atoms with Crippen LogP contribution in [0.25, 0.3) is 0 Å². The van der Waals surface area contributed by atoms with Crippen LogP contribution in [-0.2, 0) is 0 Å². The van der Waals surface area contributed by atoms with Crippen LogP contribution in [0.1, 0.15) is 26.2 Å². The third kappa shape index (κ3) is 4.02. The van der Waals surface area contributed by atoms with Gasteiger partial charge in [-0.3, -0.25) is 4.79 Å². The smallest absolute Gasteiger partial charge is 0.290 e. The Morgan fingerprint density at radius 2 is 2.38 bits per heavy atom. The molecule has 90 valence electrons. The molecule has 1 rings (SSSR count). The third-order valence-corrected chi connectivity index (χ3v) is 2.50. The van der Waals surface area contributed by atoms with Crippen LogP contribution in [0.5, 0.6) is 0 Å². The Labute approximate surface area is 94.9 Å². The molecule has 0 bridgehead atoms. The van der Waals surface area contributed by atoms with E-state index in [1.54, 1.807) is 6.20 Å². The molecule has 0 aliphatic heterocycles. The molecular weight excluding hydrogens is 206 g/mol. The van der Waals surface area contributed by atoms with Crippen molar-refractivity contribution in [1.82, 2.24) is 9.97 Å². The zero-order valence-corrected chi connectivity index (χ0v) is 9.57. The van der Waals surface area contributed by atoms with E-state index in [9.17, 15) is 4.79 Å². The van der Waals surface area contributed by atoms with Gasteiger partial charge in [0.05, 0.1) is 0 Å². The summed E-state index contributed by atoms with van der Waals surface area (Å²) in [4.78, 5) is 17.8. The van der Waals surface area contributed by atoms with Gasteiger partial charge in [0.1, 0.15) is 0 Å². The fraction of sp³-hybridized carbons (Fsp3) is 0.636. The summed E-state index contributed by atoms with van der Waals surface area (Å²) in [6.07, 6.45) is 5.92. The lowest BCUT2D eigenvalue weighted by atomic mass is 10.0. The Morgan fingerprint density at radius 3 is 3.00 bits per heavy atom. The number of hydrogen-bond donors (Lipinski definition) is 3. The fourth-order valence-electron chi connectivity index (χ4n) is 1.66. The molecule has 0 spiro atoms. The van der Waals surface area contributed by atoms with Gasteiger partial charge in [0.15, 0.2) is 5.82 Å². The third-order valence-electron chi connectivity index (χ3n) is 2.50. The van der Waals surface area contributed by atoms with Crippen molar-refractivity contribution in [1.29, 1.82) is 0 Å². The van der Waals surface area contributed by atoms with E-state index in [2.05, 4.69) is 22.2 Å². The molecule has 5 nitrogen and oxygen atoms in total. The molecule has 0 aromatic carbocycles. The second-order valence-corrected chi connectivity index (χ2v) is 3.81. The van der Waals surface area contributed by atoms with Gasteiger partial charge in [-0.05, 0) is 18.8 Å². The van der Waals surface area contributed by atoms with Crippen molar-refractivity contribution in [3.05, 3.63) is 22.7 Å². The number of nitrogens with zero attached hydrogens (tertiary/aromatic N) is 1. The van der Waals surface area contributed by atoms with Crippen LogP contribution in [0.2, 0.25) is 0 Å². The van der Waals surface area contributed by atoms with E-state index in [-0.39, 0.29) is 12.2 Å². The van der Waals surface area contributed by atoms with Crippen LogP contribution < -0.4 is 10.9 Å². The monoisotopic (exact) mass is 225 g/mol. The lowest BCUT2D eigenvalue weighted by Gasteiger charge is -2.15. The molecule has 1 aromatic rings. The maximum absolute atomic E-state index is 11.3. The summed E-state index contributed by atoms with van der Waals surface area (Å²) in [5.41, 5.74) is -0.207. The second-order valence-electron chi connectivity index (χ2n) is 3.81. The Balaban J connectivity index is 2.48. The topological polar surface area (TPSA) is 78.0 Å². The summed E-state index contributed by atoms with van der Waals surface area (Å²) in [5, 5.41) is 11.9. The number of H-pyrrole nitrogens is 1. The molecule has 0 aliphatic rings. The Hall–Kier alpha value is -1.36. The summed E-state index contributed by atoms with van der Waals surface area (Å²) in [7, 11) is 0. The zero-order chi connectivity index (χ0) is 11.8. The Morgan fingerprint density at radius 1 is 1.56 bits per heavy atom. The van der Waals surface area contributed by atoms with E-state index >= 15 is 0 Å². The fourth-order valence-corrected chi connectivity index (χ4v) is 1.66. The SMILES string of the molecule is CCCC(CCO)CNc1ncc[nH]c1=O. The van der Waals surface area contributed by atoms with Crippen molar-refractivity contribution in [2.24, 2.45) is 5.92 Å². The minimum Gasteiger partial charge on any atom is -0.396 e. The molecule has 0 aliphatic carbocycles. The minimum absolute atomic E-state index is 0.185. The highest BCUT2D eigenvalue weighted by Crippen LogP contribution is 2.10. The highest BCUT2D eigenvalue weighted by atomic mass is 16.3. The zero-order valence-electron chi connectivity index (χ0n) is 9.57.